The Balaban J connectivity index is 1.25. The summed E-state index contributed by atoms with van der Waals surface area (Å²) in [6, 6.07) is 5.76. The fourth-order valence-corrected chi connectivity index (χ4v) is 5.85. The van der Waals surface area contributed by atoms with Gasteiger partial charge in [-0.2, -0.15) is 0 Å². The van der Waals surface area contributed by atoms with Crippen LogP contribution >= 0.6 is 11.3 Å². The Labute approximate surface area is 183 Å². The van der Waals surface area contributed by atoms with Crippen molar-refractivity contribution in [1.29, 1.82) is 0 Å². The summed E-state index contributed by atoms with van der Waals surface area (Å²) in [6.45, 7) is 5.20. The van der Waals surface area contributed by atoms with Gasteiger partial charge >= 0.3 is 0 Å². The highest BCUT2D eigenvalue weighted by Crippen LogP contribution is 2.29. The SMILES string of the molecule is COc1ccc(NC(=O)CC[C@H]2CCCN(Cc3nc4c(s3)CCCC4)C2)c(C)c1. The molecule has 0 spiro atoms. The maximum atomic E-state index is 12.5. The van der Waals surface area contributed by atoms with E-state index in [0.717, 1.165) is 49.5 Å². The summed E-state index contributed by atoms with van der Waals surface area (Å²) in [7, 11) is 1.66. The molecular weight excluding hydrogens is 394 g/mol. The average Bonchev–Trinajstić information content (AvgIpc) is 3.16. The number of carbonyl (C=O) groups is 1. The molecule has 0 unspecified atom stereocenters. The number of nitrogens with one attached hydrogen (secondary N) is 1. The fourth-order valence-electron chi connectivity index (χ4n) is 4.65. The first-order chi connectivity index (χ1) is 14.6. The topological polar surface area (TPSA) is 54.5 Å². The maximum absolute atomic E-state index is 12.5. The van der Waals surface area contributed by atoms with Gasteiger partial charge in [0.1, 0.15) is 10.8 Å². The first-order valence-electron chi connectivity index (χ1n) is 11.2. The van der Waals surface area contributed by atoms with E-state index < -0.39 is 0 Å². The number of piperidine rings is 1. The van der Waals surface area contributed by atoms with E-state index in [2.05, 4.69) is 10.2 Å². The van der Waals surface area contributed by atoms with E-state index in [0.29, 0.717) is 12.3 Å². The van der Waals surface area contributed by atoms with Gasteiger partial charge in [0, 0.05) is 23.5 Å². The molecule has 1 aliphatic carbocycles. The molecule has 2 heterocycles. The predicted molar refractivity (Wildman–Crippen MR) is 122 cm³/mol. The zero-order valence-corrected chi connectivity index (χ0v) is 19.0. The molecule has 0 radical (unpaired) electrons. The first-order valence-corrected chi connectivity index (χ1v) is 12.1. The largest absolute Gasteiger partial charge is 0.497 e. The molecule has 30 heavy (non-hydrogen) atoms. The Kier molecular flexibility index (Phi) is 7.05. The number of fused-ring (bicyclic) bond motifs is 1. The molecule has 162 valence electrons. The zero-order valence-electron chi connectivity index (χ0n) is 18.2. The Hall–Kier alpha value is -1.92. The average molecular weight is 428 g/mol. The number of benzene rings is 1. The van der Waals surface area contributed by atoms with Crippen molar-refractivity contribution in [3.8, 4) is 5.75 Å². The summed E-state index contributed by atoms with van der Waals surface area (Å²) < 4.78 is 5.24. The van der Waals surface area contributed by atoms with Crippen molar-refractivity contribution in [3.63, 3.8) is 0 Å². The number of thiazole rings is 1. The Morgan fingerprint density at radius 3 is 2.97 bits per heavy atom. The Bertz CT molecular complexity index is 856. The molecule has 1 fully saturated rings. The van der Waals surface area contributed by atoms with Crippen molar-refractivity contribution in [2.45, 2.75) is 64.8 Å². The minimum absolute atomic E-state index is 0.105. The van der Waals surface area contributed by atoms with Crippen LogP contribution in [0.2, 0.25) is 0 Å². The highest BCUT2D eigenvalue weighted by molar-refractivity contribution is 7.11. The highest BCUT2D eigenvalue weighted by atomic mass is 32.1. The van der Waals surface area contributed by atoms with Crippen molar-refractivity contribution in [2.24, 2.45) is 5.92 Å². The van der Waals surface area contributed by atoms with Gasteiger partial charge in [-0.25, -0.2) is 4.98 Å². The number of likely N-dealkylation sites (tertiary alicyclic amines) is 1. The summed E-state index contributed by atoms with van der Waals surface area (Å²) in [5.74, 6) is 1.51. The van der Waals surface area contributed by atoms with Gasteiger partial charge in [-0.3, -0.25) is 9.69 Å². The number of carbonyl (C=O) groups excluding carboxylic acids is 1. The zero-order chi connectivity index (χ0) is 20.9. The third kappa shape index (κ3) is 5.41. The quantitative estimate of drug-likeness (QED) is 0.678. The molecule has 1 aliphatic heterocycles. The monoisotopic (exact) mass is 427 g/mol. The van der Waals surface area contributed by atoms with Crippen LogP contribution in [-0.4, -0.2) is 36.0 Å². The molecule has 1 N–H and O–H groups in total. The van der Waals surface area contributed by atoms with E-state index >= 15 is 0 Å². The van der Waals surface area contributed by atoms with Gasteiger partial charge in [0.2, 0.25) is 5.91 Å². The first kappa shape index (κ1) is 21.3. The summed E-state index contributed by atoms with van der Waals surface area (Å²) in [5.41, 5.74) is 3.26. The second-order valence-corrected chi connectivity index (χ2v) is 9.86. The second-order valence-electron chi connectivity index (χ2n) is 8.70. The smallest absolute Gasteiger partial charge is 0.224 e. The van der Waals surface area contributed by atoms with Crippen LogP contribution in [-0.2, 0) is 24.2 Å². The van der Waals surface area contributed by atoms with E-state index in [1.807, 2.05) is 36.5 Å². The van der Waals surface area contributed by atoms with Crippen LogP contribution in [0.5, 0.6) is 5.75 Å². The minimum Gasteiger partial charge on any atom is -0.497 e. The fraction of sp³-hybridized carbons (Fsp3) is 0.583. The number of aromatic nitrogens is 1. The minimum atomic E-state index is 0.105. The molecular formula is C24H33N3O2S. The number of rotatable bonds is 7. The Morgan fingerprint density at radius 2 is 2.17 bits per heavy atom. The molecule has 1 saturated heterocycles. The van der Waals surface area contributed by atoms with Crippen LogP contribution in [0.25, 0.3) is 0 Å². The summed E-state index contributed by atoms with van der Waals surface area (Å²) >= 11 is 1.93. The Morgan fingerprint density at radius 1 is 1.30 bits per heavy atom. The van der Waals surface area contributed by atoms with Crippen molar-refractivity contribution < 1.29 is 9.53 Å². The van der Waals surface area contributed by atoms with Gasteiger partial charge in [-0.05, 0) is 88.1 Å². The number of anilines is 1. The van der Waals surface area contributed by atoms with Crippen molar-refractivity contribution >= 4 is 22.9 Å². The number of amides is 1. The van der Waals surface area contributed by atoms with Gasteiger partial charge in [-0.15, -0.1) is 11.3 Å². The van der Waals surface area contributed by atoms with Gasteiger partial charge in [0.05, 0.1) is 19.3 Å². The van der Waals surface area contributed by atoms with E-state index in [9.17, 15) is 4.79 Å². The molecule has 0 saturated carbocycles. The van der Waals surface area contributed by atoms with Gasteiger partial charge in [0.25, 0.3) is 0 Å². The standard InChI is InChI=1S/C24H33N3O2S/c1-17-14-19(29-2)10-11-20(17)25-23(28)12-9-18-6-5-13-27(15-18)16-24-26-21-7-3-4-8-22(21)30-24/h10-11,14,18H,3-9,12-13,15-16H2,1-2H3,(H,25,28)/t18-/m1/s1. The van der Waals surface area contributed by atoms with E-state index in [1.54, 1.807) is 7.11 Å². The molecule has 0 bridgehead atoms. The van der Waals surface area contributed by atoms with Gasteiger partial charge in [-0.1, -0.05) is 0 Å². The molecule has 6 heteroatoms. The molecule has 4 rings (SSSR count). The van der Waals surface area contributed by atoms with Crippen LogP contribution in [0.1, 0.15) is 59.7 Å². The molecule has 1 atom stereocenters. The number of ether oxygens (including phenoxy) is 1. The van der Waals surface area contributed by atoms with Crippen LogP contribution in [0.3, 0.4) is 0 Å². The van der Waals surface area contributed by atoms with Gasteiger partial charge < -0.3 is 10.1 Å². The number of aryl methyl sites for hydroxylation is 3. The number of nitrogens with zero attached hydrogens (tertiary/aromatic N) is 2. The van der Waals surface area contributed by atoms with Crippen LogP contribution in [0.15, 0.2) is 18.2 Å². The number of methoxy groups -OCH3 is 1. The molecule has 2 aliphatic rings. The summed E-state index contributed by atoms with van der Waals surface area (Å²) in [4.78, 5) is 21.5. The molecule has 2 aromatic rings. The second kappa shape index (κ2) is 9.92. The molecule has 5 nitrogen and oxygen atoms in total. The lowest BCUT2D eigenvalue weighted by Crippen LogP contribution is -2.35. The van der Waals surface area contributed by atoms with Crippen molar-refractivity contribution in [2.75, 3.05) is 25.5 Å². The third-order valence-electron chi connectivity index (χ3n) is 6.34. The van der Waals surface area contributed by atoms with Crippen LogP contribution in [0.4, 0.5) is 5.69 Å². The maximum Gasteiger partial charge on any atom is 0.224 e. The van der Waals surface area contributed by atoms with E-state index in [4.69, 9.17) is 9.72 Å². The molecule has 1 amide bonds. The normalized spacial score (nSPS) is 19.3. The lowest BCUT2D eigenvalue weighted by atomic mass is 9.93. The van der Waals surface area contributed by atoms with Gasteiger partial charge in [0.15, 0.2) is 0 Å². The summed E-state index contributed by atoms with van der Waals surface area (Å²) in [5, 5.41) is 4.35. The van der Waals surface area contributed by atoms with Crippen LogP contribution < -0.4 is 10.1 Å². The van der Waals surface area contributed by atoms with E-state index in [-0.39, 0.29) is 5.91 Å². The van der Waals surface area contributed by atoms with Crippen LogP contribution in [0, 0.1) is 12.8 Å². The number of hydrogen-bond acceptors (Lipinski definition) is 5. The van der Waals surface area contributed by atoms with Crippen molar-refractivity contribution in [3.05, 3.63) is 39.3 Å². The number of hydrogen-bond donors (Lipinski definition) is 1. The van der Waals surface area contributed by atoms with E-state index in [1.165, 1.54) is 47.7 Å². The summed E-state index contributed by atoms with van der Waals surface area (Å²) in [6.07, 6.45) is 8.96. The molecule has 1 aromatic carbocycles. The third-order valence-corrected chi connectivity index (χ3v) is 7.48. The highest BCUT2D eigenvalue weighted by Gasteiger charge is 2.23. The lowest BCUT2D eigenvalue weighted by Gasteiger charge is -2.32. The lowest BCUT2D eigenvalue weighted by molar-refractivity contribution is -0.116. The predicted octanol–water partition coefficient (Wildman–Crippen LogP) is 4.97. The van der Waals surface area contributed by atoms with Crippen molar-refractivity contribution in [1.82, 2.24) is 9.88 Å². The molecule has 1 aromatic heterocycles.